The molecule has 1 atom stereocenters. The molecule has 0 saturated heterocycles. The van der Waals surface area contributed by atoms with Gasteiger partial charge in [-0.25, -0.2) is 4.68 Å². The van der Waals surface area contributed by atoms with Gasteiger partial charge < -0.3 is 5.32 Å². The quantitative estimate of drug-likeness (QED) is 0.860. The lowest BCUT2D eigenvalue weighted by Gasteiger charge is -2.11. The van der Waals surface area contributed by atoms with Gasteiger partial charge in [-0.1, -0.05) is 24.3 Å². The molecule has 0 radical (unpaired) electrons. The summed E-state index contributed by atoms with van der Waals surface area (Å²) in [5.41, 5.74) is 0.570. The fourth-order valence-corrected chi connectivity index (χ4v) is 1.73. The van der Waals surface area contributed by atoms with Crippen molar-refractivity contribution in [2.24, 2.45) is 0 Å². The number of benzene rings is 1. The van der Waals surface area contributed by atoms with Crippen molar-refractivity contribution >= 4 is 10.9 Å². The molecule has 18 heavy (non-hydrogen) atoms. The third-order valence-corrected chi connectivity index (χ3v) is 3.06. The Morgan fingerprint density at radius 3 is 2.94 bits per heavy atom. The maximum absolute atomic E-state index is 12.1. The van der Waals surface area contributed by atoms with Crippen LogP contribution in [-0.4, -0.2) is 27.6 Å². The monoisotopic (exact) mass is 246 g/mol. The molecule has 2 aromatic rings. The summed E-state index contributed by atoms with van der Waals surface area (Å²) in [4.78, 5) is 12.1. The van der Waals surface area contributed by atoms with Crippen molar-refractivity contribution in [2.45, 2.75) is 32.9 Å². The average Bonchev–Trinajstić information content (AvgIpc) is 2.41. The molecule has 0 fully saturated rings. The van der Waals surface area contributed by atoms with E-state index in [9.17, 15) is 4.79 Å². The number of hydrogen-bond donors (Lipinski definition) is 1. The summed E-state index contributed by atoms with van der Waals surface area (Å²) in [5, 5.41) is 11.9. The van der Waals surface area contributed by atoms with Gasteiger partial charge in [0, 0.05) is 12.6 Å². The van der Waals surface area contributed by atoms with Crippen LogP contribution in [0.5, 0.6) is 0 Å². The zero-order valence-electron chi connectivity index (χ0n) is 10.8. The number of hydrogen-bond acceptors (Lipinski definition) is 4. The van der Waals surface area contributed by atoms with Gasteiger partial charge in [-0.3, -0.25) is 4.79 Å². The van der Waals surface area contributed by atoms with Crippen LogP contribution in [0.3, 0.4) is 0 Å². The highest BCUT2D eigenvalue weighted by Crippen LogP contribution is 2.02. The van der Waals surface area contributed by atoms with Gasteiger partial charge in [-0.05, 0) is 25.5 Å². The second kappa shape index (κ2) is 5.73. The van der Waals surface area contributed by atoms with Crippen molar-refractivity contribution < 1.29 is 0 Å². The van der Waals surface area contributed by atoms with Crippen molar-refractivity contribution in [3.63, 3.8) is 0 Å². The van der Waals surface area contributed by atoms with Crippen LogP contribution in [0.4, 0.5) is 0 Å². The summed E-state index contributed by atoms with van der Waals surface area (Å²) >= 11 is 0. The molecule has 96 valence electrons. The van der Waals surface area contributed by atoms with E-state index in [4.69, 9.17) is 0 Å². The molecule has 1 aromatic carbocycles. The van der Waals surface area contributed by atoms with E-state index in [1.165, 1.54) is 4.68 Å². The first-order chi connectivity index (χ1) is 8.72. The third-order valence-electron chi connectivity index (χ3n) is 3.06. The van der Waals surface area contributed by atoms with Crippen molar-refractivity contribution in [2.75, 3.05) is 6.54 Å². The maximum atomic E-state index is 12.1. The van der Waals surface area contributed by atoms with Crippen LogP contribution in [0.15, 0.2) is 29.1 Å². The van der Waals surface area contributed by atoms with Gasteiger partial charge in [-0.15, -0.1) is 5.10 Å². The normalized spacial score (nSPS) is 12.8. The molecule has 0 bridgehead atoms. The Morgan fingerprint density at radius 2 is 2.17 bits per heavy atom. The van der Waals surface area contributed by atoms with Crippen molar-refractivity contribution in [1.29, 1.82) is 0 Å². The lowest BCUT2D eigenvalue weighted by molar-refractivity contribution is 0.467. The van der Waals surface area contributed by atoms with Gasteiger partial charge in [0.25, 0.3) is 5.56 Å². The fourth-order valence-electron chi connectivity index (χ4n) is 1.73. The van der Waals surface area contributed by atoms with Gasteiger partial charge in [0.15, 0.2) is 0 Å². The van der Waals surface area contributed by atoms with Crippen LogP contribution in [0, 0.1) is 0 Å². The van der Waals surface area contributed by atoms with E-state index in [2.05, 4.69) is 29.5 Å². The van der Waals surface area contributed by atoms with E-state index >= 15 is 0 Å². The Morgan fingerprint density at radius 1 is 1.39 bits per heavy atom. The van der Waals surface area contributed by atoms with Gasteiger partial charge in [0.05, 0.1) is 11.9 Å². The molecular formula is C13H18N4O. The smallest absolute Gasteiger partial charge is 0.277 e. The highest BCUT2D eigenvalue weighted by atomic mass is 16.1. The Kier molecular flexibility index (Phi) is 4.04. The van der Waals surface area contributed by atoms with E-state index in [0.717, 1.165) is 13.0 Å². The first-order valence-electron chi connectivity index (χ1n) is 6.28. The number of nitrogens with one attached hydrogen (secondary N) is 1. The molecule has 1 N–H and O–H groups in total. The number of aromatic nitrogens is 3. The van der Waals surface area contributed by atoms with Gasteiger partial charge in [-0.2, -0.15) is 0 Å². The Balaban J connectivity index is 2.14. The Hall–Kier alpha value is -1.75. The van der Waals surface area contributed by atoms with Gasteiger partial charge >= 0.3 is 0 Å². The zero-order chi connectivity index (χ0) is 13.0. The molecule has 0 spiro atoms. The minimum Gasteiger partial charge on any atom is -0.312 e. The summed E-state index contributed by atoms with van der Waals surface area (Å²) in [6.07, 6.45) is 1.07. The van der Waals surface area contributed by atoms with E-state index in [1.54, 1.807) is 12.1 Å². The zero-order valence-corrected chi connectivity index (χ0v) is 10.8. The van der Waals surface area contributed by atoms with Crippen LogP contribution in [0.1, 0.15) is 20.3 Å². The molecule has 0 aliphatic carbocycles. The lowest BCUT2D eigenvalue weighted by Crippen LogP contribution is -2.33. The molecule has 0 aliphatic rings. The minimum atomic E-state index is -0.0773. The first kappa shape index (κ1) is 12.7. The van der Waals surface area contributed by atoms with Crippen LogP contribution in [0.25, 0.3) is 10.9 Å². The topological polar surface area (TPSA) is 59.8 Å². The van der Waals surface area contributed by atoms with Crippen LogP contribution < -0.4 is 10.9 Å². The van der Waals surface area contributed by atoms with Crippen molar-refractivity contribution in [3.05, 3.63) is 34.6 Å². The van der Waals surface area contributed by atoms with Crippen molar-refractivity contribution in [3.8, 4) is 0 Å². The SMILES string of the molecule is CCC(C)NCCn1nnc2ccccc2c1=O. The van der Waals surface area contributed by atoms with Gasteiger partial charge in [0.1, 0.15) is 5.52 Å². The minimum absolute atomic E-state index is 0.0773. The van der Waals surface area contributed by atoms with Crippen molar-refractivity contribution in [1.82, 2.24) is 20.3 Å². The number of fused-ring (bicyclic) bond motifs is 1. The summed E-state index contributed by atoms with van der Waals surface area (Å²) in [5.74, 6) is 0. The first-order valence-corrected chi connectivity index (χ1v) is 6.28. The fraction of sp³-hybridized carbons (Fsp3) is 0.462. The molecule has 1 heterocycles. The summed E-state index contributed by atoms with van der Waals surface area (Å²) in [6.45, 7) is 5.51. The predicted molar refractivity (Wildman–Crippen MR) is 71.6 cm³/mol. The van der Waals surface area contributed by atoms with Crippen LogP contribution >= 0.6 is 0 Å². The maximum Gasteiger partial charge on any atom is 0.277 e. The molecule has 1 unspecified atom stereocenters. The van der Waals surface area contributed by atoms with Gasteiger partial charge in [0.2, 0.25) is 0 Å². The van der Waals surface area contributed by atoms with E-state index in [-0.39, 0.29) is 5.56 Å². The second-order valence-corrected chi connectivity index (χ2v) is 4.40. The molecule has 1 aromatic heterocycles. The highest BCUT2D eigenvalue weighted by molar-refractivity contribution is 5.76. The second-order valence-electron chi connectivity index (χ2n) is 4.40. The molecule has 5 heteroatoms. The van der Waals surface area contributed by atoms with E-state index < -0.39 is 0 Å². The molecule has 5 nitrogen and oxygen atoms in total. The molecule has 0 amide bonds. The molecule has 2 rings (SSSR count). The Bertz CT molecular complexity index is 578. The Labute approximate surface area is 106 Å². The summed E-state index contributed by atoms with van der Waals surface area (Å²) in [7, 11) is 0. The molecule has 0 saturated carbocycles. The van der Waals surface area contributed by atoms with Crippen LogP contribution in [-0.2, 0) is 6.54 Å². The van der Waals surface area contributed by atoms with E-state index in [1.807, 2.05) is 12.1 Å². The van der Waals surface area contributed by atoms with E-state index in [0.29, 0.717) is 23.5 Å². The average molecular weight is 246 g/mol. The largest absolute Gasteiger partial charge is 0.312 e. The third kappa shape index (κ3) is 2.73. The number of rotatable bonds is 5. The lowest BCUT2D eigenvalue weighted by atomic mass is 10.2. The standard InChI is InChI=1S/C13H18N4O/c1-3-10(2)14-8-9-17-13(18)11-6-4-5-7-12(11)15-16-17/h4-7,10,14H,3,8-9H2,1-2H3. The molecule has 0 aliphatic heterocycles. The summed E-state index contributed by atoms with van der Waals surface area (Å²) in [6, 6.07) is 7.73. The number of nitrogens with zero attached hydrogens (tertiary/aromatic N) is 3. The highest BCUT2D eigenvalue weighted by Gasteiger charge is 2.04. The predicted octanol–water partition coefficient (Wildman–Crippen LogP) is 1.18. The van der Waals surface area contributed by atoms with Crippen LogP contribution in [0.2, 0.25) is 0 Å². The summed E-state index contributed by atoms with van der Waals surface area (Å²) < 4.78 is 1.41. The molecular weight excluding hydrogens is 228 g/mol.